The lowest BCUT2D eigenvalue weighted by molar-refractivity contribution is -0.181. The first kappa shape index (κ1) is 24.8. The molecule has 1 aromatic rings. The summed E-state index contributed by atoms with van der Waals surface area (Å²) in [4.78, 5) is 12.8. The monoisotopic (exact) mass is 434 g/mol. The number of hydrogen-bond donors (Lipinski definition) is 0. The predicted octanol–water partition coefficient (Wildman–Crippen LogP) is 3.07. The second kappa shape index (κ2) is 11.1. The minimum Gasteiger partial charge on any atom is -0.464 e. The Hall–Kier alpha value is -1.21. The SMILES string of the molecule is CCOC(=O)C(C[PH2]=O)(OCC)C(COS(=O)(=O)c1ccc(C)cc1)C(C)C. The quantitative estimate of drug-likeness (QED) is 0.283. The summed E-state index contributed by atoms with van der Waals surface area (Å²) in [6.45, 7) is 8.94. The normalized spacial score (nSPS) is 15.6. The lowest BCUT2D eigenvalue weighted by atomic mass is 9.81. The molecule has 0 aliphatic carbocycles. The number of esters is 1. The largest absolute Gasteiger partial charge is 0.464 e. The topological polar surface area (TPSA) is 96.0 Å². The summed E-state index contributed by atoms with van der Waals surface area (Å²) in [7, 11) is -5.34. The molecule has 1 aromatic carbocycles. The van der Waals surface area contributed by atoms with Crippen LogP contribution in [-0.2, 0) is 33.1 Å². The summed E-state index contributed by atoms with van der Waals surface area (Å²) >= 11 is 0. The highest BCUT2D eigenvalue weighted by Crippen LogP contribution is 2.34. The molecule has 0 heterocycles. The van der Waals surface area contributed by atoms with Crippen LogP contribution in [0.15, 0.2) is 29.2 Å². The molecule has 0 aliphatic rings. The average Bonchev–Trinajstić information content (AvgIpc) is 2.62. The second-order valence-corrected chi connectivity index (χ2v) is 9.17. The maximum Gasteiger partial charge on any atom is 0.339 e. The standard InChI is InChI=1S/C19H31O7PS/c1-6-24-18(20)19(13-27-21,25-7-2)17(14(3)4)12-26-28(22,23)16-10-8-15(5)9-11-16/h8-11,14,17H,6-7,12-13,27H2,1-5H3. The first-order valence-corrected chi connectivity index (χ1v) is 12.0. The van der Waals surface area contributed by atoms with Gasteiger partial charge in [-0.1, -0.05) is 31.5 Å². The molecule has 160 valence electrons. The van der Waals surface area contributed by atoms with Gasteiger partial charge in [0.2, 0.25) is 0 Å². The maximum atomic E-state index is 12.7. The summed E-state index contributed by atoms with van der Waals surface area (Å²) in [5.41, 5.74) is -0.589. The van der Waals surface area contributed by atoms with Crippen LogP contribution in [0, 0.1) is 18.8 Å². The molecule has 7 nitrogen and oxygen atoms in total. The fourth-order valence-electron chi connectivity index (χ4n) is 3.05. The Labute approximate surface area is 169 Å². The number of carbonyl (C=O) groups excluding carboxylic acids is 1. The maximum absolute atomic E-state index is 12.7. The van der Waals surface area contributed by atoms with Crippen molar-refractivity contribution >= 4 is 24.5 Å². The van der Waals surface area contributed by atoms with Crippen molar-refractivity contribution in [3.05, 3.63) is 29.8 Å². The molecule has 9 heteroatoms. The van der Waals surface area contributed by atoms with Crippen molar-refractivity contribution in [3.8, 4) is 0 Å². The number of ether oxygens (including phenoxy) is 2. The second-order valence-electron chi connectivity index (χ2n) is 6.82. The van der Waals surface area contributed by atoms with Gasteiger partial charge in [0.25, 0.3) is 10.1 Å². The smallest absolute Gasteiger partial charge is 0.339 e. The Morgan fingerprint density at radius 1 is 1.14 bits per heavy atom. The van der Waals surface area contributed by atoms with Gasteiger partial charge in [0.15, 0.2) is 5.60 Å². The van der Waals surface area contributed by atoms with E-state index in [0.717, 1.165) is 5.56 Å². The van der Waals surface area contributed by atoms with Gasteiger partial charge in [-0.2, -0.15) is 8.42 Å². The highest BCUT2D eigenvalue weighted by atomic mass is 32.2. The third-order valence-corrected chi connectivity index (χ3v) is 6.59. The lowest BCUT2D eigenvalue weighted by Gasteiger charge is -2.39. The van der Waals surface area contributed by atoms with E-state index in [0.29, 0.717) is 0 Å². The van der Waals surface area contributed by atoms with Crippen LogP contribution >= 0.6 is 8.46 Å². The Morgan fingerprint density at radius 3 is 2.21 bits per heavy atom. The third-order valence-electron chi connectivity index (χ3n) is 4.53. The van der Waals surface area contributed by atoms with Crippen LogP contribution in [0.4, 0.5) is 0 Å². The zero-order valence-corrected chi connectivity index (χ0v) is 19.1. The zero-order chi connectivity index (χ0) is 21.4. The number of aryl methyl sites for hydroxylation is 1. The van der Waals surface area contributed by atoms with Gasteiger partial charge in [-0.3, -0.25) is 4.18 Å². The van der Waals surface area contributed by atoms with Crippen molar-refractivity contribution in [1.82, 2.24) is 0 Å². The fraction of sp³-hybridized carbons (Fsp3) is 0.632. The highest BCUT2D eigenvalue weighted by molar-refractivity contribution is 7.86. The summed E-state index contributed by atoms with van der Waals surface area (Å²) < 4.78 is 52.9. The minimum atomic E-state index is -4.01. The summed E-state index contributed by atoms with van der Waals surface area (Å²) in [5, 5.41) is 0. The zero-order valence-electron chi connectivity index (χ0n) is 17.1. The van der Waals surface area contributed by atoms with Gasteiger partial charge in [-0.15, -0.1) is 0 Å². The molecule has 1 rings (SSSR count). The Bertz CT molecular complexity index is 746. The van der Waals surface area contributed by atoms with Crippen LogP contribution in [-0.4, -0.2) is 46.0 Å². The van der Waals surface area contributed by atoms with Gasteiger partial charge in [-0.05, 0) is 38.8 Å². The first-order chi connectivity index (χ1) is 13.1. The number of hydrogen-bond acceptors (Lipinski definition) is 7. The molecule has 0 saturated heterocycles. The van der Waals surface area contributed by atoms with E-state index < -0.39 is 36.1 Å². The average molecular weight is 434 g/mol. The van der Waals surface area contributed by atoms with Crippen molar-refractivity contribution < 1.29 is 31.4 Å². The Morgan fingerprint density at radius 2 is 1.75 bits per heavy atom. The van der Waals surface area contributed by atoms with E-state index in [1.165, 1.54) is 12.1 Å². The summed E-state index contributed by atoms with van der Waals surface area (Å²) in [5.74, 6) is -1.49. The van der Waals surface area contributed by atoms with Gasteiger partial charge in [-0.25, -0.2) is 4.79 Å². The van der Waals surface area contributed by atoms with Crippen molar-refractivity contribution in [2.24, 2.45) is 11.8 Å². The van der Waals surface area contributed by atoms with Crippen molar-refractivity contribution in [2.45, 2.75) is 45.1 Å². The van der Waals surface area contributed by atoms with Gasteiger partial charge >= 0.3 is 5.97 Å². The molecule has 0 aromatic heterocycles. The van der Waals surface area contributed by atoms with Gasteiger partial charge in [0, 0.05) is 18.7 Å². The van der Waals surface area contributed by atoms with Gasteiger partial charge in [0.1, 0.15) is 0 Å². The van der Waals surface area contributed by atoms with E-state index in [1.807, 2.05) is 20.8 Å². The molecule has 0 radical (unpaired) electrons. The Balaban J connectivity index is 3.21. The van der Waals surface area contributed by atoms with E-state index >= 15 is 0 Å². The molecular weight excluding hydrogens is 403 g/mol. The first-order valence-electron chi connectivity index (χ1n) is 9.35. The molecule has 0 aliphatic heterocycles. The molecule has 28 heavy (non-hydrogen) atoms. The van der Waals surface area contributed by atoms with Gasteiger partial charge < -0.3 is 14.0 Å². The highest BCUT2D eigenvalue weighted by Gasteiger charge is 2.49. The molecular formula is C19H31O7PS. The number of benzene rings is 1. The molecule has 0 N–H and O–H groups in total. The molecule has 3 atom stereocenters. The molecule has 3 unspecified atom stereocenters. The third kappa shape index (κ3) is 6.14. The number of carbonyl (C=O) groups is 1. The Kier molecular flexibility index (Phi) is 9.84. The molecule has 0 saturated carbocycles. The van der Waals surface area contributed by atoms with Crippen LogP contribution in [0.1, 0.15) is 33.3 Å². The van der Waals surface area contributed by atoms with Crippen molar-refractivity contribution in [3.63, 3.8) is 0 Å². The van der Waals surface area contributed by atoms with Crippen molar-refractivity contribution in [1.29, 1.82) is 0 Å². The van der Waals surface area contributed by atoms with Crippen LogP contribution in [0.2, 0.25) is 0 Å². The molecule has 0 bridgehead atoms. The summed E-state index contributed by atoms with van der Waals surface area (Å²) in [6.07, 6.45) is -0.0452. The molecule has 0 amide bonds. The van der Waals surface area contributed by atoms with Gasteiger partial charge in [0.05, 0.1) is 26.6 Å². The van der Waals surface area contributed by atoms with Crippen molar-refractivity contribution in [2.75, 3.05) is 26.0 Å². The van der Waals surface area contributed by atoms with Crippen LogP contribution in [0.5, 0.6) is 0 Å². The van der Waals surface area contributed by atoms with Crippen LogP contribution < -0.4 is 0 Å². The minimum absolute atomic E-state index is 0.0354. The van der Waals surface area contributed by atoms with E-state index in [1.54, 1.807) is 26.0 Å². The summed E-state index contributed by atoms with van der Waals surface area (Å²) in [6, 6.07) is 6.30. The van der Waals surface area contributed by atoms with E-state index in [4.69, 9.17) is 13.7 Å². The number of rotatable bonds is 12. The van der Waals surface area contributed by atoms with E-state index in [2.05, 4.69) is 0 Å². The molecule has 0 spiro atoms. The fourth-order valence-corrected chi connectivity index (χ4v) is 4.81. The van der Waals surface area contributed by atoms with E-state index in [-0.39, 0.29) is 36.8 Å². The lowest BCUT2D eigenvalue weighted by Crippen LogP contribution is -2.54. The van der Waals surface area contributed by atoms with Crippen LogP contribution in [0.3, 0.4) is 0 Å². The van der Waals surface area contributed by atoms with E-state index in [9.17, 15) is 17.8 Å². The molecule has 0 fully saturated rings. The predicted molar refractivity (Wildman–Crippen MR) is 109 cm³/mol. The van der Waals surface area contributed by atoms with Crippen LogP contribution in [0.25, 0.3) is 0 Å².